The van der Waals surface area contributed by atoms with Crippen LogP contribution in [0.5, 0.6) is 0 Å². The van der Waals surface area contributed by atoms with Crippen LogP contribution in [0.25, 0.3) is 95.3 Å². The van der Waals surface area contributed by atoms with Crippen molar-refractivity contribution in [3.05, 3.63) is 177 Å². The summed E-state index contributed by atoms with van der Waals surface area (Å²) in [6.07, 6.45) is 0.0256. The zero-order chi connectivity index (χ0) is 127. The first kappa shape index (κ1) is 74.3. The van der Waals surface area contributed by atoms with Crippen LogP contribution in [-0.2, 0) is 28.8 Å². The van der Waals surface area contributed by atoms with E-state index in [0.29, 0.717) is 134 Å². The number of nitrogens with zero attached hydrogens (tertiary/aromatic N) is 30. The van der Waals surface area contributed by atoms with Gasteiger partial charge in [0.15, 0.2) is 0 Å². The van der Waals surface area contributed by atoms with Crippen molar-refractivity contribution in [2.45, 2.75) is 158 Å². The van der Waals surface area contributed by atoms with E-state index in [-0.39, 0.29) is 261 Å². The lowest BCUT2D eigenvalue weighted by molar-refractivity contribution is -0.131. The van der Waals surface area contributed by atoms with Crippen molar-refractivity contribution >= 4 is 137 Å². The van der Waals surface area contributed by atoms with Crippen LogP contribution < -0.4 is 29.4 Å². The summed E-state index contributed by atoms with van der Waals surface area (Å²) in [5.74, 6) is -6.58. The minimum absolute atomic E-state index is 0.0515. The first-order valence-electron chi connectivity index (χ1n) is 59.8. The fourth-order valence-corrected chi connectivity index (χ4v) is 18.0. The predicted octanol–water partition coefficient (Wildman–Crippen LogP) is 11.2. The van der Waals surface area contributed by atoms with Gasteiger partial charge < -0.3 is 118 Å². The molecular weight excluding hydrogens is 1830 g/mol. The molecule has 0 spiro atoms. The summed E-state index contributed by atoms with van der Waals surface area (Å²) < 4.78 is 223. The number of aromatic amines is 6. The van der Waals surface area contributed by atoms with Gasteiger partial charge in [-0.15, -0.1) is 0 Å². The summed E-state index contributed by atoms with van der Waals surface area (Å²) in [7, 11) is 9.75. The van der Waals surface area contributed by atoms with Crippen molar-refractivity contribution in [3.63, 3.8) is 0 Å². The Morgan fingerprint density at radius 3 is 0.819 bits per heavy atom. The maximum absolute atomic E-state index is 12.3. The number of piperidine rings is 6. The molecule has 0 aromatic carbocycles. The Morgan fingerprint density at radius 2 is 0.528 bits per heavy atom. The van der Waals surface area contributed by atoms with Crippen molar-refractivity contribution < 1.29 is 65.8 Å². The van der Waals surface area contributed by atoms with Crippen LogP contribution in [0.1, 0.15) is 151 Å². The summed E-state index contributed by atoms with van der Waals surface area (Å²) in [6, 6.07) is -5.54. The molecule has 12 aromatic rings. The Kier molecular flexibility index (Phi) is 24.6. The van der Waals surface area contributed by atoms with Crippen LogP contribution in [0, 0.1) is 116 Å². The van der Waals surface area contributed by atoms with Crippen molar-refractivity contribution in [1.29, 1.82) is 0 Å². The Morgan fingerprint density at radius 1 is 0.306 bits per heavy atom. The number of amides is 6. The molecule has 12 aromatic heterocycles. The largest absolute Gasteiger partial charge is 0.354 e. The molecule has 0 radical (unpaired) electrons. The topological polar surface area (TPSA) is 417 Å². The first-order valence-corrected chi connectivity index (χ1v) is 46.3. The number of aryl methyl sites for hydroxylation is 6. The lowest BCUT2D eigenvalue weighted by Gasteiger charge is -2.41. The lowest BCUT2D eigenvalue weighted by atomic mass is 9.92. The molecule has 42 heteroatoms. The van der Waals surface area contributed by atoms with Gasteiger partial charge in [0.05, 0.1) is 80.8 Å². The summed E-state index contributed by atoms with van der Waals surface area (Å²) in [6.45, 7) is 50.0. The standard InChI is InChI=1S/6C17H22N6O/c6*1-11-5-6-23(15(24)8-18-3)9-14(11)22(4)17-13-7-12(2)21-16(13)19-10-20-17/h6*7,10-11,14H,5-6,8-9H2,1-2,4H3,(H,19,20,21)/t6*11-,14+/m111111/s1/i7D,10D,11D,14D;1D3,7D,10D,14D;1D3,7D,10D,11D;7D,10D,14D;7D,10D,11D;1D3,7D,10D. The molecule has 0 bridgehead atoms. The second kappa shape index (κ2) is 47.7. The molecular formula is C102H132N36O6. The molecule has 42 nitrogen and oxygen atoms in total. The van der Waals surface area contributed by atoms with Crippen LogP contribution in [0.3, 0.4) is 0 Å². The second-order valence-electron chi connectivity index (χ2n) is 35.7. The fraction of sp³-hybridized carbons (Fsp3) is 0.529. The minimum Gasteiger partial charge on any atom is -0.354 e. The van der Waals surface area contributed by atoms with E-state index in [9.17, 15) is 28.8 Å². The average Bonchev–Trinajstić information content (AvgIpc) is 1.72. The molecule has 0 aliphatic carbocycles. The minimum atomic E-state index is -2.64. The van der Waals surface area contributed by atoms with Gasteiger partial charge in [-0.05, 0) is 152 Å². The number of hydrogen-bond donors (Lipinski definition) is 6. The molecule has 756 valence electrons. The number of likely N-dealkylation sites (N-methyl/N-ethyl adjacent to an activating group) is 6. The summed E-state index contributed by atoms with van der Waals surface area (Å²) in [5, 5.41) is 2.37. The molecule has 6 saturated heterocycles. The van der Waals surface area contributed by atoms with Crippen molar-refractivity contribution in [2.24, 2.45) is 35.4 Å². The third kappa shape index (κ3) is 24.5. The number of fused-ring (bicyclic) bond motifs is 6. The van der Waals surface area contributed by atoms with Crippen molar-refractivity contribution in [3.8, 4) is 0 Å². The number of hydrogen-bond acceptors (Lipinski definition) is 24. The van der Waals surface area contributed by atoms with Crippen LogP contribution in [0.15, 0.2) is 74.1 Å². The molecule has 18 rings (SSSR count). The second-order valence-corrected chi connectivity index (χ2v) is 35.7. The van der Waals surface area contributed by atoms with Crippen LogP contribution >= 0.6 is 0 Å². The third-order valence-corrected chi connectivity index (χ3v) is 26.0. The highest BCUT2D eigenvalue weighted by Crippen LogP contribution is 2.38. The van der Waals surface area contributed by atoms with Gasteiger partial charge in [-0.1, -0.05) is 41.3 Å². The van der Waals surface area contributed by atoms with Gasteiger partial charge >= 0.3 is 35.4 Å². The number of nitrogens with one attached hydrogen (secondary N) is 6. The highest BCUT2D eigenvalue weighted by atomic mass is 16.2. The van der Waals surface area contributed by atoms with Gasteiger partial charge in [-0.2, -0.15) is 0 Å². The van der Waals surface area contributed by atoms with Crippen LogP contribution in [0.2, 0.25) is 0 Å². The Bertz CT molecular complexity index is 8350. The molecule has 0 unspecified atom stereocenters. The van der Waals surface area contributed by atoms with Gasteiger partial charge in [0, 0.05) is 171 Å². The van der Waals surface area contributed by atoms with E-state index in [0.717, 1.165) is 0 Å². The smallest absolute Gasteiger partial charge is 0.302 e. The van der Waals surface area contributed by atoms with Gasteiger partial charge in [-0.3, -0.25) is 28.8 Å². The Hall–Kier alpha value is -15.7. The van der Waals surface area contributed by atoms with E-state index in [1.165, 1.54) is 41.3 Å². The van der Waals surface area contributed by atoms with Crippen LogP contribution in [0.4, 0.5) is 34.9 Å². The molecule has 6 N–H and O–H groups in total. The first-order chi connectivity index (χ1) is 79.7. The number of H-pyrrole nitrogens is 6. The van der Waals surface area contributed by atoms with Gasteiger partial charge in [0.1, 0.15) is 115 Å². The van der Waals surface area contributed by atoms with Gasteiger partial charge in [0.25, 0.3) is 39.3 Å². The molecule has 6 fully saturated rings. The van der Waals surface area contributed by atoms with Gasteiger partial charge in [0.2, 0.25) is 0 Å². The van der Waals surface area contributed by atoms with E-state index in [1.54, 1.807) is 108 Å². The van der Waals surface area contributed by atoms with E-state index in [1.807, 2.05) is 13.8 Å². The number of carbonyl (C=O) groups is 6. The number of likely N-dealkylation sites (tertiary alicyclic amines) is 6. The van der Waals surface area contributed by atoms with E-state index < -0.39 is 98.1 Å². The van der Waals surface area contributed by atoms with Crippen molar-refractivity contribution in [2.75, 3.05) is 189 Å². The van der Waals surface area contributed by atoms with E-state index in [2.05, 4.69) is 119 Å². The van der Waals surface area contributed by atoms with Crippen LogP contribution in [-0.4, -0.2) is 351 Å². The molecule has 18 heterocycles. The molecule has 6 aliphatic heterocycles. The normalized spacial score (nSPS) is 26.9. The third-order valence-electron chi connectivity index (χ3n) is 26.0. The monoisotopic (exact) mass is 1980 g/mol. The summed E-state index contributed by atoms with van der Waals surface area (Å²) >= 11 is 0. The Balaban J connectivity index is 0.000000168. The highest BCUT2D eigenvalue weighted by Gasteiger charge is 2.41. The fourth-order valence-electron chi connectivity index (χ4n) is 18.0. The Labute approximate surface area is 877 Å². The maximum Gasteiger partial charge on any atom is 0.302 e. The number of anilines is 6. The number of carbonyl (C=O) groups excluding carboxylic acids is 6. The van der Waals surface area contributed by atoms with E-state index >= 15 is 0 Å². The highest BCUT2D eigenvalue weighted by molar-refractivity contribution is 5.94. The molecule has 12 atom stereocenters. The maximum atomic E-state index is 12.3. The molecule has 6 amide bonds. The quantitative estimate of drug-likeness (QED) is 0.0435. The van der Waals surface area contributed by atoms with Crippen molar-refractivity contribution in [1.82, 2.24) is 119 Å². The number of rotatable bonds is 18. The predicted molar refractivity (Wildman–Crippen MR) is 556 cm³/mol. The molecule has 144 heavy (non-hydrogen) atoms. The molecule has 6 aliphatic rings. The average molecular weight is 1990 g/mol. The zero-order valence-corrected chi connectivity index (χ0v) is 82.8. The number of aromatic nitrogens is 18. The summed E-state index contributed by atoms with van der Waals surface area (Å²) in [5.41, 5.74) is 5.42. The van der Waals surface area contributed by atoms with E-state index in [4.69, 9.17) is 76.4 Å². The van der Waals surface area contributed by atoms with Gasteiger partial charge in [-0.25, -0.2) is 99.2 Å². The SMILES string of the molecule is [2H]c1nc(N(C)[C@@]2([2H])CN(C(=O)C[N+]#[C-])CC[C@@]2([2H])C)c2c([2H])c(C)[nH]c2n1.[2H]c1nc(N(C)[C@@]2([2H])CN(C(=O)C[N+]#[C-])CC[C@H]2C([2H])([2H])[2H])c2c([2H])c(C)[nH]c2n1.[2H]c1nc(N(C)[C@@]2([2H])CN(C(=O)C[N+]#[C-])CC[C@H]2C)c2c([2H])c(C)[nH]c2n1.[2H]c1nc(N(C)[C@H]2CN(C(=O)C[N+]#[C-])CC[C@@]2([2H])C([2H])([2H])[2H])c2c([2H])c(C)[nH]c2n1.[2H]c1nc(N(C)[C@H]2CN(C(=O)C[N+]#[C-])CC[C@@]2([2H])C)c2c([2H])c(C)[nH]c2n1.[2H]c1nc(N(C)[C@H]2CN(C(=O)C[N+]#[C-])CC[C@H]2C([2H])([2H])[2H])c2c([2H])c(C)[nH]c2n1. The molecule has 0 saturated carbocycles. The summed E-state index contributed by atoms with van der Waals surface area (Å²) in [4.78, 5) is 177. The zero-order valence-electron chi connectivity index (χ0n) is 110. The lowest BCUT2D eigenvalue weighted by Crippen LogP contribution is -2.53.